The van der Waals surface area contributed by atoms with E-state index < -0.39 is 10.0 Å². The first-order valence-electron chi connectivity index (χ1n) is 5.91. The Kier molecular flexibility index (Phi) is 3.00. The third-order valence-electron chi connectivity index (χ3n) is 3.02. The summed E-state index contributed by atoms with van der Waals surface area (Å²) in [6, 6.07) is 6.72. The van der Waals surface area contributed by atoms with Crippen molar-refractivity contribution in [2.75, 3.05) is 11.9 Å². The van der Waals surface area contributed by atoms with Gasteiger partial charge in [-0.15, -0.1) is 0 Å². The van der Waals surface area contributed by atoms with Crippen LogP contribution >= 0.6 is 0 Å². The third-order valence-corrected chi connectivity index (χ3v) is 4.42. The summed E-state index contributed by atoms with van der Waals surface area (Å²) in [4.78, 5) is 0.273. The van der Waals surface area contributed by atoms with Crippen LogP contribution in [0, 0.1) is 0 Å². The highest BCUT2D eigenvalue weighted by Gasteiger charge is 2.18. The van der Waals surface area contributed by atoms with Gasteiger partial charge >= 0.3 is 0 Å². The van der Waals surface area contributed by atoms with Crippen molar-refractivity contribution in [1.82, 2.24) is 9.88 Å². The van der Waals surface area contributed by atoms with E-state index in [4.69, 9.17) is 4.52 Å². The van der Waals surface area contributed by atoms with E-state index in [9.17, 15) is 8.42 Å². The molecular formula is C12H13N3O3S. The molecular weight excluding hydrogens is 266 g/mol. The van der Waals surface area contributed by atoms with Gasteiger partial charge in [-0.2, -0.15) is 0 Å². The monoisotopic (exact) mass is 279 g/mol. The van der Waals surface area contributed by atoms with Gasteiger partial charge in [-0.1, -0.05) is 5.16 Å². The van der Waals surface area contributed by atoms with Crippen molar-refractivity contribution in [3.8, 4) is 0 Å². The van der Waals surface area contributed by atoms with E-state index in [0.29, 0.717) is 5.76 Å². The van der Waals surface area contributed by atoms with E-state index in [2.05, 4.69) is 15.2 Å². The van der Waals surface area contributed by atoms with Crippen molar-refractivity contribution in [3.05, 3.63) is 41.8 Å². The predicted octanol–water partition coefficient (Wildman–Crippen LogP) is 1.12. The molecule has 6 nitrogen and oxygen atoms in total. The average molecular weight is 279 g/mol. The Labute approximate surface area is 110 Å². The van der Waals surface area contributed by atoms with Gasteiger partial charge in [-0.3, -0.25) is 0 Å². The van der Waals surface area contributed by atoms with Crippen LogP contribution in [-0.2, 0) is 23.0 Å². The molecule has 1 aliphatic heterocycles. The first-order valence-corrected chi connectivity index (χ1v) is 7.39. The molecule has 3 rings (SSSR count). The number of rotatable bonds is 4. The largest absolute Gasteiger partial charge is 0.384 e. The zero-order valence-corrected chi connectivity index (χ0v) is 10.9. The summed E-state index contributed by atoms with van der Waals surface area (Å²) in [6.45, 7) is 0.946. The van der Waals surface area contributed by atoms with E-state index in [1.807, 2.05) is 0 Å². The molecule has 7 heteroatoms. The van der Waals surface area contributed by atoms with Gasteiger partial charge in [0.15, 0.2) is 5.76 Å². The summed E-state index contributed by atoms with van der Waals surface area (Å²) in [5, 5.41) is 6.72. The van der Waals surface area contributed by atoms with Crippen LogP contribution in [0.1, 0.15) is 11.3 Å². The summed E-state index contributed by atoms with van der Waals surface area (Å²) < 4.78 is 31.6. The van der Waals surface area contributed by atoms with Crippen molar-refractivity contribution in [2.45, 2.75) is 17.9 Å². The van der Waals surface area contributed by atoms with Crippen LogP contribution in [-0.4, -0.2) is 20.1 Å². The molecule has 19 heavy (non-hydrogen) atoms. The van der Waals surface area contributed by atoms with Crippen LogP contribution in [0.4, 0.5) is 5.69 Å². The Hall–Kier alpha value is -1.86. The lowest BCUT2D eigenvalue weighted by molar-refractivity contribution is 0.380. The summed E-state index contributed by atoms with van der Waals surface area (Å²) in [7, 11) is -3.52. The van der Waals surface area contributed by atoms with Gasteiger partial charge < -0.3 is 9.84 Å². The predicted molar refractivity (Wildman–Crippen MR) is 69.2 cm³/mol. The molecule has 0 atom stereocenters. The van der Waals surface area contributed by atoms with Crippen LogP contribution in [0.25, 0.3) is 0 Å². The number of fused-ring (bicyclic) bond motifs is 1. The van der Waals surface area contributed by atoms with Gasteiger partial charge in [0.2, 0.25) is 10.0 Å². The molecule has 1 aromatic carbocycles. The summed E-state index contributed by atoms with van der Waals surface area (Å²) in [5.74, 6) is 0.478. The molecule has 2 aromatic rings. The minimum Gasteiger partial charge on any atom is -0.384 e. The molecule has 0 radical (unpaired) electrons. The standard InChI is InChI=1S/C12H13N3O3S/c16-19(17,15-8-10-4-6-14-18-10)11-1-2-12-9(7-11)3-5-13-12/h1-2,4,6-7,13,15H,3,5,8H2. The zero-order chi connectivity index (χ0) is 13.3. The molecule has 100 valence electrons. The number of sulfonamides is 1. The number of nitrogens with one attached hydrogen (secondary N) is 2. The first-order chi connectivity index (χ1) is 9.15. The average Bonchev–Trinajstić information content (AvgIpc) is 3.06. The van der Waals surface area contributed by atoms with Crippen LogP contribution in [0.5, 0.6) is 0 Å². The second-order valence-corrected chi connectivity index (χ2v) is 6.07. The second-order valence-electron chi connectivity index (χ2n) is 4.30. The number of nitrogens with zero attached hydrogens (tertiary/aromatic N) is 1. The van der Waals surface area contributed by atoms with Crippen molar-refractivity contribution >= 4 is 15.7 Å². The molecule has 0 fully saturated rings. The van der Waals surface area contributed by atoms with E-state index in [1.165, 1.54) is 6.20 Å². The van der Waals surface area contributed by atoms with Crippen LogP contribution in [0.15, 0.2) is 39.9 Å². The van der Waals surface area contributed by atoms with Gasteiger partial charge in [0, 0.05) is 18.3 Å². The lowest BCUT2D eigenvalue weighted by Crippen LogP contribution is -2.23. The first kappa shape index (κ1) is 12.2. The van der Waals surface area contributed by atoms with Crippen LogP contribution in [0.3, 0.4) is 0 Å². The van der Waals surface area contributed by atoms with Gasteiger partial charge in [0.05, 0.1) is 17.6 Å². The normalized spacial score (nSPS) is 14.1. The Morgan fingerprint density at radius 1 is 1.37 bits per heavy atom. The Bertz CT molecular complexity index is 680. The van der Waals surface area contributed by atoms with E-state index in [0.717, 1.165) is 24.2 Å². The van der Waals surface area contributed by atoms with Gasteiger partial charge in [0.25, 0.3) is 0 Å². The molecule has 2 N–H and O–H groups in total. The quantitative estimate of drug-likeness (QED) is 0.876. The maximum absolute atomic E-state index is 12.1. The molecule has 0 saturated heterocycles. The second kappa shape index (κ2) is 4.67. The Balaban J connectivity index is 1.80. The highest BCUT2D eigenvalue weighted by Crippen LogP contribution is 2.24. The van der Waals surface area contributed by atoms with Crippen molar-refractivity contribution in [3.63, 3.8) is 0 Å². The van der Waals surface area contributed by atoms with Crippen molar-refractivity contribution in [2.24, 2.45) is 0 Å². The third kappa shape index (κ3) is 2.47. The van der Waals surface area contributed by atoms with Gasteiger partial charge in [0.1, 0.15) is 0 Å². The number of aromatic nitrogens is 1. The molecule has 0 spiro atoms. The van der Waals surface area contributed by atoms with Crippen molar-refractivity contribution < 1.29 is 12.9 Å². The molecule has 0 saturated carbocycles. The summed E-state index contributed by atoms with van der Waals surface area (Å²) in [5.41, 5.74) is 2.04. The van der Waals surface area contributed by atoms with Gasteiger partial charge in [-0.25, -0.2) is 13.1 Å². The minimum absolute atomic E-state index is 0.0949. The van der Waals surface area contributed by atoms with E-state index >= 15 is 0 Å². The lowest BCUT2D eigenvalue weighted by atomic mass is 10.2. The molecule has 0 aliphatic carbocycles. The number of hydrogen-bond donors (Lipinski definition) is 2. The van der Waals surface area contributed by atoms with Crippen LogP contribution in [0.2, 0.25) is 0 Å². The smallest absolute Gasteiger partial charge is 0.240 e. The fourth-order valence-electron chi connectivity index (χ4n) is 2.03. The maximum Gasteiger partial charge on any atom is 0.240 e. The number of benzene rings is 1. The Morgan fingerprint density at radius 2 is 2.26 bits per heavy atom. The van der Waals surface area contributed by atoms with Gasteiger partial charge in [-0.05, 0) is 30.2 Å². The number of anilines is 1. The highest BCUT2D eigenvalue weighted by atomic mass is 32.2. The molecule has 0 unspecified atom stereocenters. The molecule has 1 aromatic heterocycles. The fourth-order valence-corrected chi connectivity index (χ4v) is 3.07. The SMILES string of the molecule is O=S(=O)(NCc1ccno1)c1ccc2c(c1)CCN2. The molecule has 0 bridgehead atoms. The summed E-state index contributed by atoms with van der Waals surface area (Å²) in [6.07, 6.45) is 2.32. The fraction of sp³-hybridized carbons (Fsp3) is 0.250. The van der Waals surface area contributed by atoms with E-state index in [-0.39, 0.29) is 11.4 Å². The lowest BCUT2D eigenvalue weighted by Gasteiger charge is -2.07. The maximum atomic E-state index is 12.1. The van der Waals surface area contributed by atoms with E-state index in [1.54, 1.807) is 24.3 Å². The van der Waals surface area contributed by atoms with Crippen LogP contribution < -0.4 is 10.0 Å². The summed E-state index contributed by atoms with van der Waals surface area (Å²) >= 11 is 0. The number of hydrogen-bond acceptors (Lipinski definition) is 5. The Morgan fingerprint density at radius 3 is 3.05 bits per heavy atom. The zero-order valence-electron chi connectivity index (χ0n) is 10.1. The van der Waals surface area contributed by atoms with Crippen molar-refractivity contribution in [1.29, 1.82) is 0 Å². The highest BCUT2D eigenvalue weighted by molar-refractivity contribution is 7.89. The molecule has 0 amide bonds. The topological polar surface area (TPSA) is 84.2 Å². The molecule has 1 aliphatic rings. The molecule has 2 heterocycles. The minimum atomic E-state index is -3.52.